The van der Waals surface area contributed by atoms with Crippen molar-refractivity contribution < 1.29 is 37.0 Å². The molecule has 2 N–H and O–H groups in total. The average Bonchev–Trinajstić information content (AvgIpc) is 2.12. The quantitative estimate of drug-likeness (QED) is 0.793. The van der Waals surface area contributed by atoms with Crippen molar-refractivity contribution in [1.29, 1.82) is 0 Å². The molecule has 0 aliphatic rings. The van der Waals surface area contributed by atoms with Crippen molar-refractivity contribution in [2.45, 2.75) is 11.8 Å². The number of hydrogen-bond donors (Lipinski definition) is 2. The van der Waals surface area contributed by atoms with Crippen LogP contribution in [0, 0.1) is 11.6 Å². The van der Waals surface area contributed by atoms with Gasteiger partial charge in [0.2, 0.25) is 0 Å². The molecule has 1 aromatic carbocycles. The van der Waals surface area contributed by atoms with Gasteiger partial charge in [-0.2, -0.15) is 13.2 Å². The Morgan fingerprint density at radius 1 is 1.06 bits per heavy atom. The molecular weight excluding hydrogens is 251 g/mol. The second-order valence-electron chi connectivity index (χ2n) is 3.17. The van der Waals surface area contributed by atoms with E-state index >= 15 is 0 Å². The molecule has 0 saturated carbocycles. The third kappa shape index (κ3) is 2.21. The Bertz CT molecular complexity index is 436. The maximum atomic E-state index is 12.7. The summed E-state index contributed by atoms with van der Waals surface area (Å²) in [6.07, 6.45) is -5.61. The monoisotopic (exact) mass is 256 g/mol. The fourth-order valence-electron chi connectivity index (χ4n) is 1.17. The summed E-state index contributed by atoms with van der Waals surface area (Å²) < 4.78 is 62.7. The number of carboxylic acids is 1. The van der Waals surface area contributed by atoms with E-state index < -0.39 is 34.9 Å². The first-order valence-corrected chi connectivity index (χ1v) is 4.08. The lowest BCUT2D eigenvalue weighted by atomic mass is 9.93. The fourth-order valence-corrected chi connectivity index (χ4v) is 1.17. The fraction of sp³-hybridized carbons (Fsp3) is 0.222. The summed E-state index contributed by atoms with van der Waals surface area (Å²) in [5.74, 6) is -5.53. The molecule has 3 nitrogen and oxygen atoms in total. The molecule has 1 aromatic rings. The lowest BCUT2D eigenvalue weighted by Gasteiger charge is -2.26. The third-order valence-corrected chi connectivity index (χ3v) is 2.00. The number of aliphatic hydroxyl groups is 1. The summed E-state index contributed by atoms with van der Waals surface area (Å²) >= 11 is 0. The second kappa shape index (κ2) is 3.95. The summed E-state index contributed by atoms with van der Waals surface area (Å²) in [7, 11) is 0. The standard InChI is InChI=1S/C9H5F5O3/c10-5-1-4(2-6(11)3-5)8(17,7(15)16)9(12,13)14/h1-3,17H,(H,15,16). The van der Waals surface area contributed by atoms with E-state index in [1.165, 1.54) is 0 Å². The van der Waals surface area contributed by atoms with Crippen LogP contribution < -0.4 is 0 Å². The highest BCUT2D eigenvalue weighted by Crippen LogP contribution is 2.39. The van der Waals surface area contributed by atoms with E-state index in [4.69, 9.17) is 10.2 Å². The number of carbonyl (C=O) groups is 1. The molecule has 0 radical (unpaired) electrons. The number of carboxylic acid groups (broad SMARTS) is 1. The lowest BCUT2D eigenvalue weighted by molar-refractivity contribution is -0.265. The van der Waals surface area contributed by atoms with Gasteiger partial charge in [0.25, 0.3) is 5.60 Å². The summed E-state index contributed by atoms with van der Waals surface area (Å²) in [6, 6.07) is 0.456. The normalized spacial score (nSPS) is 15.4. The van der Waals surface area contributed by atoms with Gasteiger partial charge in [0.05, 0.1) is 0 Å². The molecule has 0 aliphatic carbocycles. The van der Waals surface area contributed by atoms with Gasteiger partial charge in [0.1, 0.15) is 11.6 Å². The van der Waals surface area contributed by atoms with Crippen molar-refractivity contribution in [3.8, 4) is 0 Å². The van der Waals surface area contributed by atoms with Crippen LogP contribution in [0.5, 0.6) is 0 Å². The van der Waals surface area contributed by atoms with Crippen LogP contribution in [0.15, 0.2) is 18.2 Å². The van der Waals surface area contributed by atoms with Crippen LogP contribution in [0.3, 0.4) is 0 Å². The molecule has 0 aromatic heterocycles. The minimum atomic E-state index is -5.61. The highest BCUT2D eigenvalue weighted by Gasteiger charge is 2.61. The van der Waals surface area contributed by atoms with Gasteiger partial charge < -0.3 is 10.2 Å². The van der Waals surface area contributed by atoms with Crippen LogP contribution in [0.1, 0.15) is 5.56 Å². The van der Waals surface area contributed by atoms with Gasteiger partial charge in [0.15, 0.2) is 0 Å². The molecule has 1 atom stereocenters. The van der Waals surface area contributed by atoms with Crippen molar-refractivity contribution in [3.05, 3.63) is 35.4 Å². The van der Waals surface area contributed by atoms with Gasteiger partial charge >= 0.3 is 12.1 Å². The van der Waals surface area contributed by atoms with Crippen LogP contribution in [0.25, 0.3) is 0 Å². The Kier molecular flexibility index (Phi) is 3.11. The van der Waals surface area contributed by atoms with E-state index in [9.17, 15) is 26.7 Å². The van der Waals surface area contributed by atoms with Crippen molar-refractivity contribution in [1.82, 2.24) is 0 Å². The van der Waals surface area contributed by atoms with E-state index in [1.807, 2.05) is 0 Å². The number of aliphatic carboxylic acids is 1. The van der Waals surface area contributed by atoms with Gasteiger partial charge in [-0.15, -0.1) is 0 Å². The van der Waals surface area contributed by atoms with E-state index in [1.54, 1.807) is 0 Å². The van der Waals surface area contributed by atoms with Crippen molar-refractivity contribution >= 4 is 5.97 Å². The van der Waals surface area contributed by atoms with Gasteiger partial charge in [-0.05, 0) is 12.1 Å². The number of halogens is 5. The topological polar surface area (TPSA) is 57.5 Å². The first kappa shape index (κ1) is 13.4. The predicted molar refractivity (Wildman–Crippen MR) is 43.9 cm³/mol. The van der Waals surface area contributed by atoms with E-state index in [-0.39, 0.29) is 18.2 Å². The first-order chi connectivity index (χ1) is 7.59. The van der Waals surface area contributed by atoms with Crippen LogP contribution >= 0.6 is 0 Å². The smallest absolute Gasteiger partial charge is 0.432 e. The van der Waals surface area contributed by atoms with Crippen LogP contribution in [0.2, 0.25) is 0 Å². The van der Waals surface area contributed by atoms with Gasteiger partial charge in [-0.25, -0.2) is 13.6 Å². The minimum Gasteiger partial charge on any atom is -0.479 e. The first-order valence-electron chi connectivity index (χ1n) is 4.08. The third-order valence-electron chi connectivity index (χ3n) is 2.00. The summed E-state index contributed by atoms with van der Waals surface area (Å²) in [6.45, 7) is 0. The van der Waals surface area contributed by atoms with Crippen LogP contribution in [-0.2, 0) is 10.4 Å². The Hall–Kier alpha value is -1.70. The van der Waals surface area contributed by atoms with Gasteiger partial charge in [-0.1, -0.05) is 0 Å². The molecule has 0 spiro atoms. The molecule has 1 rings (SSSR count). The molecule has 0 amide bonds. The summed E-state index contributed by atoms with van der Waals surface area (Å²) in [5.41, 5.74) is -5.79. The lowest BCUT2D eigenvalue weighted by Crippen LogP contribution is -2.49. The Labute approximate surface area is 91.1 Å². The molecule has 17 heavy (non-hydrogen) atoms. The zero-order valence-electron chi connectivity index (χ0n) is 7.92. The number of rotatable bonds is 2. The molecule has 0 bridgehead atoms. The van der Waals surface area contributed by atoms with Crippen LogP contribution in [0.4, 0.5) is 22.0 Å². The Morgan fingerprint density at radius 2 is 1.47 bits per heavy atom. The Morgan fingerprint density at radius 3 is 1.76 bits per heavy atom. The summed E-state index contributed by atoms with van der Waals surface area (Å²) in [4.78, 5) is 10.5. The number of alkyl halides is 3. The largest absolute Gasteiger partial charge is 0.479 e. The van der Waals surface area contributed by atoms with Crippen molar-refractivity contribution in [2.24, 2.45) is 0 Å². The Balaban J connectivity index is 3.49. The minimum absolute atomic E-state index is 0.102. The van der Waals surface area contributed by atoms with E-state index in [0.717, 1.165) is 0 Å². The number of benzene rings is 1. The molecule has 0 saturated heterocycles. The zero-order chi connectivity index (χ0) is 13.4. The van der Waals surface area contributed by atoms with E-state index in [0.29, 0.717) is 0 Å². The highest BCUT2D eigenvalue weighted by molar-refractivity contribution is 5.80. The van der Waals surface area contributed by atoms with Gasteiger partial charge in [-0.3, -0.25) is 0 Å². The molecule has 0 fully saturated rings. The van der Waals surface area contributed by atoms with Crippen molar-refractivity contribution in [3.63, 3.8) is 0 Å². The number of hydrogen-bond acceptors (Lipinski definition) is 2. The average molecular weight is 256 g/mol. The molecule has 8 heteroatoms. The van der Waals surface area contributed by atoms with Gasteiger partial charge in [0, 0.05) is 11.6 Å². The molecule has 0 aliphatic heterocycles. The highest BCUT2D eigenvalue weighted by atomic mass is 19.4. The molecular formula is C9H5F5O3. The maximum Gasteiger partial charge on any atom is 0.432 e. The SMILES string of the molecule is O=C(O)C(O)(c1cc(F)cc(F)c1)C(F)(F)F. The second-order valence-corrected chi connectivity index (χ2v) is 3.17. The van der Waals surface area contributed by atoms with E-state index in [2.05, 4.69) is 0 Å². The maximum absolute atomic E-state index is 12.7. The zero-order valence-corrected chi connectivity index (χ0v) is 7.92. The summed E-state index contributed by atoms with van der Waals surface area (Å²) in [5, 5.41) is 17.5. The molecule has 94 valence electrons. The predicted octanol–water partition coefficient (Wildman–Crippen LogP) is 1.80. The molecule has 1 unspecified atom stereocenters. The molecule has 0 heterocycles. The van der Waals surface area contributed by atoms with Crippen LogP contribution in [-0.4, -0.2) is 22.4 Å². The van der Waals surface area contributed by atoms with Crippen molar-refractivity contribution in [2.75, 3.05) is 0 Å².